The van der Waals surface area contributed by atoms with E-state index in [2.05, 4.69) is 27.9 Å². The fourth-order valence-corrected chi connectivity index (χ4v) is 4.48. The second-order valence-electron chi connectivity index (χ2n) is 8.60. The number of nitrogens with zero attached hydrogens (tertiary/aromatic N) is 1. The standard InChI is InChI=1S/C21H32N6O.C6H6/c1-28-16-9-5-6-14(12-16)17(10-11-25-15-7-3-2-4-8-15)18-13-19(22)26-21(27-24)20(18)23;1-2-4-6-5-3-1/h5-6,9,12-13,15,17,25H,2-4,7-8,10-11,23-24H2,1H3,(H3,22,26,27);1-6H. The van der Waals surface area contributed by atoms with Gasteiger partial charge in [0.25, 0.3) is 0 Å². The number of pyridine rings is 1. The molecule has 3 aromatic rings. The number of hydrazine groups is 1. The molecular weight excluding hydrogens is 424 g/mol. The molecule has 34 heavy (non-hydrogen) atoms. The molecule has 0 spiro atoms. The van der Waals surface area contributed by atoms with Crippen molar-refractivity contribution < 1.29 is 4.74 Å². The summed E-state index contributed by atoms with van der Waals surface area (Å²) in [6, 6.07) is 22.6. The van der Waals surface area contributed by atoms with Crippen LogP contribution in [-0.4, -0.2) is 24.7 Å². The highest BCUT2D eigenvalue weighted by atomic mass is 16.5. The Morgan fingerprint density at radius 3 is 2.26 bits per heavy atom. The molecule has 0 amide bonds. The van der Waals surface area contributed by atoms with Gasteiger partial charge in [0.05, 0.1) is 12.8 Å². The van der Waals surface area contributed by atoms with Crippen molar-refractivity contribution in [3.63, 3.8) is 0 Å². The zero-order valence-corrected chi connectivity index (χ0v) is 20.0. The second-order valence-corrected chi connectivity index (χ2v) is 8.60. The summed E-state index contributed by atoms with van der Waals surface area (Å²) in [5.41, 5.74) is 17.5. The van der Waals surface area contributed by atoms with Crippen LogP contribution in [0.2, 0.25) is 0 Å². The Labute approximate surface area is 203 Å². The van der Waals surface area contributed by atoms with Gasteiger partial charge in [0.1, 0.15) is 11.6 Å². The molecule has 1 atom stereocenters. The molecule has 182 valence electrons. The normalized spacial score (nSPS) is 14.5. The van der Waals surface area contributed by atoms with Crippen LogP contribution >= 0.6 is 0 Å². The average molecular weight is 463 g/mol. The van der Waals surface area contributed by atoms with Gasteiger partial charge in [-0.25, -0.2) is 10.8 Å². The van der Waals surface area contributed by atoms with Crippen molar-refractivity contribution in [3.05, 3.63) is 77.9 Å². The van der Waals surface area contributed by atoms with Gasteiger partial charge in [0.2, 0.25) is 0 Å². The van der Waals surface area contributed by atoms with Gasteiger partial charge < -0.3 is 26.9 Å². The summed E-state index contributed by atoms with van der Waals surface area (Å²) in [4.78, 5) is 4.19. The van der Waals surface area contributed by atoms with E-state index in [0.717, 1.165) is 29.8 Å². The molecule has 1 aromatic heterocycles. The lowest BCUT2D eigenvalue weighted by atomic mass is 9.87. The van der Waals surface area contributed by atoms with Crippen molar-refractivity contribution in [2.75, 3.05) is 30.5 Å². The van der Waals surface area contributed by atoms with Crippen LogP contribution in [0.25, 0.3) is 0 Å². The molecule has 0 saturated heterocycles. The van der Waals surface area contributed by atoms with Crippen LogP contribution < -0.4 is 32.8 Å². The first kappa shape index (κ1) is 25.3. The monoisotopic (exact) mass is 462 g/mol. The van der Waals surface area contributed by atoms with Crippen molar-refractivity contribution in [3.8, 4) is 5.75 Å². The van der Waals surface area contributed by atoms with Gasteiger partial charge in [0.15, 0.2) is 5.82 Å². The summed E-state index contributed by atoms with van der Waals surface area (Å²) in [5.74, 6) is 7.27. The molecule has 0 bridgehead atoms. The zero-order chi connectivity index (χ0) is 24.2. The SMILES string of the molecule is COc1cccc(C(CCNC2CCCCC2)c2cc(N)nc(NN)c2N)c1.c1ccccc1. The highest BCUT2D eigenvalue weighted by molar-refractivity contribution is 5.70. The summed E-state index contributed by atoms with van der Waals surface area (Å²) in [7, 11) is 1.67. The lowest BCUT2D eigenvalue weighted by molar-refractivity contribution is 0.370. The van der Waals surface area contributed by atoms with Gasteiger partial charge in [-0.05, 0) is 55.1 Å². The molecule has 2 aromatic carbocycles. The van der Waals surface area contributed by atoms with E-state index in [1.54, 1.807) is 7.11 Å². The zero-order valence-electron chi connectivity index (χ0n) is 20.0. The summed E-state index contributed by atoms with van der Waals surface area (Å²) in [6.45, 7) is 0.902. The van der Waals surface area contributed by atoms with E-state index in [1.807, 2.05) is 54.6 Å². The minimum absolute atomic E-state index is 0.0589. The van der Waals surface area contributed by atoms with Gasteiger partial charge in [-0.3, -0.25) is 0 Å². The minimum atomic E-state index is 0.0589. The van der Waals surface area contributed by atoms with Gasteiger partial charge >= 0.3 is 0 Å². The van der Waals surface area contributed by atoms with Crippen LogP contribution in [0.5, 0.6) is 5.75 Å². The molecule has 8 N–H and O–H groups in total. The molecule has 1 saturated carbocycles. The lowest BCUT2D eigenvalue weighted by Gasteiger charge is -2.26. The quantitative estimate of drug-likeness (QED) is 0.243. The van der Waals surface area contributed by atoms with E-state index in [4.69, 9.17) is 22.0 Å². The van der Waals surface area contributed by atoms with Crippen molar-refractivity contribution in [2.45, 2.75) is 50.5 Å². The predicted molar refractivity (Wildman–Crippen MR) is 142 cm³/mol. The topological polar surface area (TPSA) is 124 Å². The van der Waals surface area contributed by atoms with Gasteiger partial charge in [-0.15, -0.1) is 0 Å². The highest BCUT2D eigenvalue weighted by Crippen LogP contribution is 2.36. The molecular formula is C27H38N6O. The third-order valence-corrected chi connectivity index (χ3v) is 6.26. The second kappa shape index (κ2) is 13.4. The average Bonchev–Trinajstić information content (AvgIpc) is 2.90. The van der Waals surface area contributed by atoms with Crippen molar-refractivity contribution in [2.24, 2.45) is 5.84 Å². The number of nitrogen functional groups attached to an aromatic ring is 3. The van der Waals surface area contributed by atoms with Crippen molar-refractivity contribution in [1.82, 2.24) is 10.3 Å². The molecule has 7 heteroatoms. The van der Waals surface area contributed by atoms with Crippen LogP contribution in [0.4, 0.5) is 17.3 Å². The molecule has 1 heterocycles. The smallest absolute Gasteiger partial charge is 0.165 e. The number of nitrogens with two attached hydrogens (primary N) is 3. The van der Waals surface area contributed by atoms with Crippen molar-refractivity contribution >= 4 is 17.3 Å². The Kier molecular flexibility index (Phi) is 10.0. The number of hydrogen-bond acceptors (Lipinski definition) is 7. The first-order valence-corrected chi connectivity index (χ1v) is 12.0. The third-order valence-electron chi connectivity index (χ3n) is 6.26. The number of benzene rings is 2. The summed E-state index contributed by atoms with van der Waals surface area (Å²) < 4.78 is 5.42. The molecule has 1 fully saturated rings. The summed E-state index contributed by atoms with van der Waals surface area (Å²) >= 11 is 0. The fourth-order valence-electron chi connectivity index (χ4n) is 4.48. The molecule has 1 aliphatic rings. The molecule has 0 radical (unpaired) electrons. The minimum Gasteiger partial charge on any atom is -0.497 e. The van der Waals surface area contributed by atoms with E-state index in [1.165, 1.54) is 32.1 Å². The summed E-state index contributed by atoms with van der Waals surface area (Å²) in [5, 5.41) is 3.72. The van der Waals surface area contributed by atoms with E-state index < -0.39 is 0 Å². The van der Waals surface area contributed by atoms with Gasteiger partial charge in [-0.1, -0.05) is 67.8 Å². The van der Waals surface area contributed by atoms with E-state index in [-0.39, 0.29) is 5.92 Å². The van der Waals surface area contributed by atoms with Gasteiger partial charge in [0, 0.05) is 12.0 Å². The van der Waals surface area contributed by atoms with E-state index >= 15 is 0 Å². The fraction of sp³-hybridized carbons (Fsp3) is 0.370. The maximum Gasteiger partial charge on any atom is 0.165 e. The Hall–Kier alpha value is -3.29. The number of anilines is 3. The van der Waals surface area contributed by atoms with Crippen LogP contribution in [0.3, 0.4) is 0 Å². The van der Waals surface area contributed by atoms with Crippen LogP contribution in [0, 0.1) is 0 Å². The maximum atomic E-state index is 6.37. The van der Waals surface area contributed by atoms with Crippen molar-refractivity contribution in [1.29, 1.82) is 0 Å². The van der Waals surface area contributed by atoms with E-state index in [0.29, 0.717) is 23.4 Å². The molecule has 4 rings (SSSR count). The Balaban J connectivity index is 0.000000469. The Bertz CT molecular complexity index is 965. The highest BCUT2D eigenvalue weighted by Gasteiger charge is 2.21. The number of nitrogens with one attached hydrogen (secondary N) is 2. The third kappa shape index (κ3) is 7.37. The predicted octanol–water partition coefficient (Wildman–Crippen LogP) is 4.67. The number of rotatable bonds is 8. The number of ether oxygens (including phenoxy) is 1. The molecule has 1 aliphatic carbocycles. The first-order valence-electron chi connectivity index (χ1n) is 12.0. The molecule has 0 aliphatic heterocycles. The van der Waals surface area contributed by atoms with Crippen LogP contribution in [-0.2, 0) is 0 Å². The Morgan fingerprint density at radius 2 is 1.65 bits per heavy atom. The number of aromatic nitrogens is 1. The first-order chi connectivity index (χ1) is 16.6. The van der Waals surface area contributed by atoms with E-state index in [9.17, 15) is 0 Å². The van der Waals surface area contributed by atoms with Gasteiger partial charge in [-0.2, -0.15) is 0 Å². The summed E-state index contributed by atoms with van der Waals surface area (Å²) in [6.07, 6.45) is 7.39. The van der Waals surface area contributed by atoms with Crippen LogP contribution in [0.15, 0.2) is 66.7 Å². The molecule has 1 unspecified atom stereocenters. The maximum absolute atomic E-state index is 6.37. The number of hydrogen-bond donors (Lipinski definition) is 5. The lowest BCUT2D eigenvalue weighted by Crippen LogP contribution is -2.32. The number of methoxy groups -OCH3 is 1. The molecule has 7 nitrogen and oxygen atoms in total. The Morgan fingerprint density at radius 1 is 0.971 bits per heavy atom. The van der Waals surface area contributed by atoms with Crippen LogP contribution in [0.1, 0.15) is 55.6 Å². The largest absolute Gasteiger partial charge is 0.497 e.